The van der Waals surface area contributed by atoms with Gasteiger partial charge >= 0.3 is 33.0 Å². The van der Waals surface area contributed by atoms with Crippen LogP contribution in [0.25, 0.3) is 0 Å². The van der Waals surface area contributed by atoms with E-state index in [4.69, 9.17) is 0 Å². The summed E-state index contributed by atoms with van der Waals surface area (Å²) in [7, 11) is -0.892. The van der Waals surface area contributed by atoms with Crippen LogP contribution in [0.5, 0.6) is 11.5 Å². The molecule has 11 rings (SSSR count). The third kappa shape index (κ3) is 22.5. The molecule has 0 aliphatic rings. The van der Waals surface area contributed by atoms with Gasteiger partial charge in [0.2, 0.25) is 0 Å². The van der Waals surface area contributed by atoms with Gasteiger partial charge in [-0.1, -0.05) is 230 Å². The van der Waals surface area contributed by atoms with Crippen LogP contribution >= 0.6 is 15.8 Å². The topological polar surface area (TPSA) is 243 Å². The molecule has 0 atom stereocenters. The summed E-state index contributed by atoms with van der Waals surface area (Å²) in [5.41, 5.74) is -1.56. The molecule has 0 unspecified atom stereocenters. The molecule has 97 heavy (non-hydrogen) atoms. The average molecular weight is 1420 g/mol. The third-order valence-corrected chi connectivity index (χ3v) is 19.0. The Morgan fingerprint density at radius 2 is 0.598 bits per heavy atom. The third-order valence-electron chi connectivity index (χ3n) is 14.1. The molecular weight excluding hydrogens is 1350 g/mol. The maximum absolute atomic E-state index is 12.8. The molecule has 0 N–H and O–H groups in total. The van der Waals surface area contributed by atoms with E-state index in [2.05, 4.69) is 204 Å². The molecule has 0 fully saturated rings. The fourth-order valence-corrected chi connectivity index (χ4v) is 14.3. The standard InChI is InChI=1S/C29H30N6O10.2C18H15P.2C6H5.2Ni/c1-14(2)21-11-22(15(3)4)27(31-13-18-8-20(33(40)41)10-24(29(18)37)35(44)45)25(16(5)6)26(21)30-12-17-7-19(32(38)39)9-23(28(17)36)34(42)43;2*1-4-10-16(11-5-1)19(17-12-6-2-7-13-17)18-14-8-3-9-15-18;2*1-2-4-6-5-3-1;;/h7-16,36-37H,1-6H3;2*1-15H;2*1-5H;;/q;;;2*-1;2*+2/p-2. The molecule has 0 heterocycles. The smallest absolute Gasteiger partial charge is 0.867 e. The van der Waals surface area contributed by atoms with Gasteiger partial charge in [-0.3, -0.25) is 50.4 Å². The van der Waals surface area contributed by atoms with E-state index in [0.717, 1.165) is 24.6 Å². The van der Waals surface area contributed by atoms with E-state index in [1.807, 2.05) is 108 Å². The van der Waals surface area contributed by atoms with Gasteiger partial charge in [0.1, 0.15) is 0 Å². The van der Waals surface area contributed by atoms with Crippen molar-refractivity contribution in [2.45, 2.75) is 59.3 Å². The number of rotatable bonds is 17. The van der Waals surface area contributed by atoms with E-state index in [-0.39, 0.29) is 50.7 Å². The molecule has 0 bridgehead atoms. The first-order valence-corrected chi connectivity index (χ1v) is 32.8. The zero-order valence-corrected chi connectivity index (χ0v) is 57.4. The van der Waals surface area contributed by atoms with Gasteiger partial charge in [0.05, 0.1) is 43.2 Å². The van der Waals surface area contributed by atoms with Gasteiger partial charge in [-0.2, -0.15) is 72.8 Å². The first-order chi connectivity index (χ1) is 45.9. The molecule has 11 aromatic carbocycles. The summed E-state index contributed by atoms with van der Waals surface area (Å²) in [6, 6.07) is 94.4. The quantitative estimate of drug-likeness (QED) is 0.0208. The van der Waals surface area contributed by atoms with Crippen molar-refractivity contribution in [1.82, 2.24) is 0 Å². The number of nitrogens with zero attached hydrogens (tertiary/aromatic N) is 6. The second kappa shape index (κ2) is 39.6. The van der Waals surface area contributed by atoms with E-state index in [9.17, 15) is 50.7 Å². The van der Waals surface area contributed by atoms with E-state index >= 15 is 0 Å². The Hall–Kier alpha value is -10.2. The van der Waals surface area contributed by atoms with Crippen molar-refractivity contribution in [2.24, 2.45) is 9.98 Å². The molecule has 11 aromatic rings. The largest absolute Gasteiger partial charge is 2.00 e. The average Bonchev–Trinajstić information content (AvgIpc) is 0.777. The van der Waals surface area contributed by atoms with Crippen LogP contribution in [0.2, 0.25) is 0 Å². The normalized spacial score (nSPS) is 10.6. The van der Waals surface area contributed by atoms with Crippen LogP contribution in [-0.2, 0) is 33.0 Å². The summed E-state index contributed by atoms with van der Waals surface area (Å²) in [6.45, 7) is 11.2. The Morgan fingerprint density at radius 1 is 0.351 bits per heavy atom. The Kier molecular flexibility index (Phi) is 31.7. The fraction of sp³-hybridized carbons (Fsp3) is 0.117. The molecule has 0 aliphatic heterocycles. The molecule has 16 nitrogen and oxygen atoms in total. The predicted octanol–water partition coefficient (Wildman–Crippen LogP) is 16.2. The molecule has 0 aliphatic carbocycles. The molecule has 0 spiro atoms. The maximum atomic E-state index is 12.8. The molecule has 0 amide bonds. The van der Waals surface area contributed by atoms with Gasteiger partial charge in [-0.05, 0) is 99.2 Å². The fourth-order valence-electron chi connectivity index (χ4n) is 9.67. The Bertz CT molecular complexity index is 3810. The molecule has 0 aromatic heterocycles. The molecule has 496 valence electrons. The minimum Gasteiger partial charge on any atom is -0.867 e. The summed E-state index contributed by atoms with van der Waals surface area (Å²) in [5, 5.41) is 79.6. The van der Waals surface area contributed by atoms with Gasteiger partial charge in [-0.15, -0.1) is 0 Å². The minimum atomic E-state index is -1.07. The number of hydrogen-bond acceptors (Lipinski definition) is 12. The zero-order valence-electron chi connectivity index (χ0n) is 53.7. The van der Waals surface area contributed by atoms with Crippen molar-refractivity contribution in [3.05, 3.63) is 353 Å². The van der Waals surface area contributed by atoms with Crippen LogP contribution in [0.15, 0.2) is 283 Å². The number of non-ortho nitro benzene ring substituents is 2. The summed E-state index contributed by atoms with van der Waals surface area (Å²) in [5.74, 6) is -2.76. The number of hydrogen-bond donors (Lipinski definition) is 0. The summed E-state index contributed by atoms with van der Waals surface area (Å²) >= 11 is 0. The predicted molar refractivity (Wildman–Crippen MR) is 382 cm³/mol. The van der Waals surface area contributed by atoms with Gasteiger partial charge in [0.25, 0.3) is 22.7 Å². The number of nitro benzene ring substituents is 4. The van der Waals surface area contributed by atoms with Crippen molar-refractivity contribution in [2.75, 3.05) is 0 Å². The molecular formula is C77H68N6Ni2O10P2. The van der Waals surface area contributed by atoms with Crippen LogP contribution in [0.3, 0.4) is 0 Å². The van der Waals surface area contributed by atoms with Crippen molar-refractivity contribution < 1.29 is 62.9 Å². The van der Waals surface area contributed by atoms with Crippen molar-refractivity contribution in [3.8, 4) is 11.5 Å². The minimum absolute atomic E-state index is 0. The second-order valence-corrected chi connectivity index (χ2v) is 26.2. The Morgan fingerprint density at radius 3 is 0.784 bits per heavy atom. The van der Waals surface area contributed by atoms with Gasteiger partial charge in [-0.25, -0.2) is 0 Å². The maximum Gasteiger partial charge on any atom is 2.00 e. The molecule has 0 saturated heterocycles. The van der Waals surface area contributed by atoms with Crippen LogP contribution < -0.4 is 42.0 Å². The van der Waals surface area contributed by atoms with Crippen LogP contribution in [-0.4, -0.2) is 32.1 Å². The first kappa shape index (κ1) is 77.5. The summed E-state index contributed by atoms with van der Waals surface area (Å²) in [6.07, 6.45) is 2.02. The van der Waals surface area contributed by atoms with Crippen molar-refractivity contribution in [1.29, 1.82) is 0 Å². The van der Waals surface area contributed by atoms with E-state index in [1.54, 1.807) is 0 Å². The second-order valence-electron chi connectivity index (χ2n) is 21.8. The molecule has 0 saturated carbocycles. The van der Waals surface area contributed by atoms with Gasteiger partial charge in [0, 0.05) is 30.1 Å². The SMILES string of the molecule is CC(C)c1cc(C(C)C)c(N=Cc2cc([N+](=O)[O-])cc([N+](=O)[O-])c2[O-])c(C(C)C)c1N=Cc1cc([N+](=O)[O-])cc([N+](=O)[O-])c1[O-].[Ni+2].[Ni+2].[c-]1ccccc1.[c-]1ccccc1.c1ccc(P(c2ccccc2)c2ccccc2)cc1.c1ccc(P(c2ccccc2)c2ccccc2)cc1. The van der Waals surface area contributed by atoms with Gasteiger partial charge in [0.15, 0.2) is 0 Å². The number of aliphatic imine (C=N–C) groups is 2. The Balaban J connectivity index is 0.000000265. The molecule has 0 radical (unpaired) electrons. The number of benzene rings is 11. The summed E-state index contributed by atoms with van der Waals surface area (Å²) < 4.78 is 0. The van der Waals surface area contributed by atoms with Crippen LogP contribution in [0, 0.1) is 52.6 Å². The number of nitro groups is 4. The van der Waals surface area contributed by atoms with E-state index < -0.39 is 80.9 Å². The van der Waals surface area contributed by atoms with Gasteiger partial charge < -0.3 is 10.2 Å². The van der Waals surface area contributed by atoms with E-state index in [1.165, 1.54) is 31.8 Å². The van der Waals surface area contributed by atoms with E-state index in [0.29, 0.717) is 40.2 Å². The molecule has 20 heteroatoms. The van der Waals surface area contributed by atoms with Crippen LogP contribution in [0.1, 0.15) is 87.1 Å². The zero-order chi connectivity index (χ0) is 68.2. The van der Waals surface area contributed by atoms with Crippen LogP contribution in [0.4, 0.5) is 34.1 Å². The van der Waals surface area contributed by atoms with Crippen molar-refractivity contribution >= 4 is 94.2 Å². The summed E-state index contributed by atoms with van der Waals surface area (Å²) in [4.78, 5) is 50.9. The first-order valence-electron chi connectivity index (χ1n) is 30.1. The monoisotopic (exact) mass is 1410 g/mol. The van der Waals surface area contributed by atoms with Crippen molar-refractivity contribution in [3.63, 3.8) is 0 Å². The Labute approximate surface area is 587 Å².